The molecule has 0 spiro atoms. The number of imidazole rings is 1. The Kier molecular flexibility index (Phi) is 4.93. The number of nitrogens with zero attached hydrogens (tertiary/aromatic N) is 5. The number of aromatic nitrogens is 5. The van der Waals surface area contributed by atoms with Crippen LogP contribution in [0.2, 0.25) is 0 Å². The monoisotopic (exact) mass is 419 g/mol. The number of anilines is 1. The van der Waals surface area contributed by atoms with E-state index < -0.39 is 0 Å². The molecule has 0 bridgehead atoms. The summed E-state index contributed by atoms with van der Waals surface area (Å²) in [5.74, 6) is 1.10. The Morgan fingerprint density at radius 3 is 2.71 bits per heavy atom. The standard InChI is InChI=1S/C22H25N7O2/c1-14(30)24-16-4-6-17(7-5-16)25-22-26-21(31-2)20-18(9-11-29(20)27-22)15-3-8-19-23-10-12-28(19)13-15/h3,8-13,16-17H,4-7H2,1-2H3,(H,24,30)(H,25,27)/t16-,17-. The first-order chi connectivity index (χ1) is 15.1. The molecule has 0 aliphatic heterocycles. The Balaban J connectivity index is 1.40. The average Bonchev–Trinajstić information content (AvgIpc) is 3.40. The minimum Gasteiger partial charge on any atom is -0.479 e. The predicted octanol–water partition coefficient (Wildman–Crippen LogP) is 2.91. The van der Waals surface area contributed by atoms with E-state index >= 15 is 0 Å². The molecule has 4 aromatic rings. The molecule has 5 rings (SSSR count). The Labute approximate surface area is 179 Å². The summed E-state index contributed by atoms with van der Waals surface area (Å²) in [5, 5.41) is 11.1. The first-order valence-electron chi connectivity index (χ1n) is 10.5. The average molecular weight is 419 g/mol. The predicted molar refractivity (Wildman–Crippen MR) is 117 cm³/mol. The van der Waals surface area contributed by atoms with E-state index in [4.69, 9.17) is 4.74 Å². The fourth-order valence-corrected chi connectivity index (χ4v) is 4.36. The SMILES string of the molecule is COc1nc(N[C@H]2CC[C@H](NC(C)=O)CC2)nn2ccc(-c3ccc4nccn4c3)c12. The third kappa shape index (κ3) is 3.78. The van der Waals surface area contributed by atoms with Crippen molar-refractivity contribution >= 4 is 23.0 Å². The summed E-state index contributed by atoms with van der Waals surface area (Å²) in [6.07, 6.45) is 11.5. The Bertz CT molecular complexity index is 1240. The summed E-state index contributed by atoms with van der Waals surface area (Å²) in [4.78, 5) is 20.2. The van der Waals surface area contributed by atoms with Gasteiger partial charge in [0, 0.05) is 54.9 Å². The van der Waals surface area contributed by atoms with Crippen LogP contribution in [0.5, 0.6) is 5.88 Å². The largest absolute Gasteiger partial charge is 0.479 e. The maximum Gasteiger partial charge on any atom is 0.244 e. The van der Waals surface area contributed by atoms with Gasteiger partial charge in [0.15, 0.2) is 0 Å². The van der Waals surface area contributed by atoms with Gasteiger partial charge in [-0.3, -0.25) is 4.79 Å². The van der Waals surface area contributed by atoms with Crippen LogP contribution in [0.3, 0.4) is 0 Å². The molecule has 0 atom stereocenters. The van der Waals surface area contributed by atoms with Crippen LogP contribution in [-0.2, 0) is 4.79 Å². The Morgan fingerprint density at radius 1 is 1.13 bits per heavy atom. The zero-order chi connectivity index (χ0) is 21.4. The molecule has 4 heterocycles. The van der Waals surface area contributed by atoms with Crippen molar-refractivity contribution in [1.82, 2.24) is 29.3 Å². The normalized spacial score (nSPS) is 18.9. The Hall–Kier alpha value is -3.62. The van der Waals surface area contributed by atoms with Gasteiger partial charge >= 0.3 is 0 Å². The molecule has 4 aromatic heterocycles. The third-order valence-corrected chi connectivity index (χ3v) is 5.84. The molecule has 1 saturated carbocycles. The lowest BCUT2D eigenvalue weighted by molar-refractivity contribution is -0.119. The van der Waals surface area contributed by atoms with Crippen LogP contribution in [-0.4, -0.2) is 49.1 Å². The minimum absolute atomic E-state index is 0.0329. The number of ether oxygens (including phenoxy) is 1. The summed E-state index contributed by atoms with van der Waals surface area (Å²) in [6.45, 7) is 1.57. The molecule has 9 heteroatoms. The number of rotatable bonds is 5. The second-order valence-electron chi connectivity index (χ2n) is 7.97. The fourth-order valence-electron chi connectivity index (χ4n) is 4.36. The number of carbonyl (C=O) groups excluding carboxylic acids is 1. The van der Waals surface area contributed by atoms with Crippen LogP contribution >= 0.6 is 0 Å². The molecule has 9 nitrogen and oxygen atoms in total. The molecular weight excluding hydrogens is 394 g/mol. The van der Waals surface area contributed by atoms with Gasteiger partial charge in [-0.1, -0.05) is 0 Å². The lowest BCUT2D eigenvalue weighted by Crippen LogP contribution is -2.39. The van der Waals surface area contributed by atoms with Crippen molar-refractivity contribution < 1.29 is 9.53 Å². The number of amides is 1. The molecule has 0 saturated heterocycles. The van der Waals surface area contributed by atoms with Crippen molar-refractivity contribution in [2.75, 3.05) is 12.4 Å². The second kappa shape index (κ2) is 7.90. The molecule has 160 valence electrons. The van der Waals surface area contributed by atoms with Crippen molar-refractivity contribution in [2.45, 2.75) is 44.7 Å². The summed E-state index contributed by atoms with van der Waals surface area (Å²) < 4.78 is 9.43. The third-order valence-electron chi connectivity index (χ3n) is 5.84. The first-order valence-corrected chi connectivity index (χ1v) is 10.5. The lowest BCUT2D eigenvalue weighted by atomic mass is 9.91. The summed E-state index contributed by atoms with van der Waals surface area (Å²) in [6, 6.07) is 6.57. The van der Waals surface area contributed by atoms with Crippen LogP contribution in [0.4, 0.5) is 5.95 Å². The highest BCUT2D eigenvalue weighted by Gasteiger charge is 2.23. The minimum atomic E-state index is 0.0329. The zero-order valence-electron chi connectivity index (χ0n) is 17.6. The molecule has 0 aromatic carbocycles. The number of hydrogen-bond donors (Lipinski definition) is 2. The molecule has 1 amide bonds. The molecule has 2 N–H and O–H groups in total. The van der Waals surface area contributed by atoms with Crippen LogP contribution in [0.25, 0.3) is 22.3 Å². The number of pyridine rings is 1. The Morgan fingerprint density at radius 2 is 1.94 bits per heavy atom. The van der Waals surface area contributed by atoms with E-state index in [0.29, 0.717) is 11.8 Å². The highest BCUT2D eigenvalue weighted by Crippen LogP contribution is 2.32. The van der Waals surface area contributed by atoms with Crippen LogP contribution in [0.15, 0.2) is 43.0 Å². The van der Waals surface area contributed by atoms with Crippen molar-refractivity contribution in [2.24, 2.45) is 0 Å². The molecule has 1 fully saturated rings. The van der Waals surface area contributed by atoms with E-state index in [9.17, 15) is 4.79 Å². The van der Waals surface area contributed by atoms with Crippen molar-refractivity contribution in [3.63, 3.8) is 0 Å². The molecule has 31 heavy (non-hydrogen) atoms. The van der Waals surface area contributed by atoms with Crippen molar-refractivity contribution in [3.05, 3.63) is 43.0 Å². The van der Waals surface area contributed by atoms with Gasteiger partial charge in [-0.2, -0.15) is 4.98 Å². The summed E-state index contributed by atoms with van der Waals surface area (Å²) in [7, 11) is 1.63. The van der Waals surface area contributed by atoms with Crippen LogP contribution in [0.1, 0.15) is 32.6 Å². The van der Waals surface area contributed by atoms with Crippen LogP contribution < -0.4 is 15.4 Å². The van der Waals surface area contributed by atoms with Gasteiger partial charge in [0.25, 0.3) is 0 Å². The summed E-state index contributed by atoms with van der Waals surface area (Å²) in [5.41, 5.74) is 3.75. The lowest BCUT2D eigenvalue weighted by Gasteiger charge is -2.29. The number of methoxy groups -OCH3 is 1. The quantitative estimate of drug-likeness (QED) is 0.516. The highest BCUT2D eigenvalue weighted by atomic mass is 16.5. The van der Waals surface area contributed by atoms with E-state index in [1.54, 1.807) is 20.2 Å². The van der Waals surface area contributed by atoms with E-state index in [1.807, 2.05) is 45.7 Å². The maximum absolute atomic E-state index is 11.3. The molecule has 1 aliphatic carbocycles. The van der Waals surface area contributed by atoms with Gasteiger partial charge in [-0.05, 0) is 43.9 Å². The zero-order valence-corrected chi connectivity index (χ0v) is 17.6. The van der Waals surface area contributed by atoms with E-state index in [1.165, 1.54) is 0 Å². The number of hydrogen-bond acceptors (Lipinski definition) is 6. The van der Waals surface area contributed by atoms with Gasteiger partial charge in [-0.25, -0.2) is 9.50 Å². The van der Waals surface area contributed by atoms with Crippen molar-refractivity contribution in [1.29, 1.82) is 0 Å². The number of carbonyl (C=O) groups is 1. The van der Waals surface area contributed by atoms with Gasteiger partial charge in [0.05, 0.1) is 7.11 Å². The van der Waals surface area contributed by atoms with E-state index in [2.05, 4.69) is 25.7 Å². The number of nitrogens with one attached hydrogen (secondary N) is 2. The van der Waals surface area contributed by atoms with Gasteiger partial charge in [-0.15, -0.1) is 5.10 Å². The maximum atomic E-state index is 11.3. The van der Waals surface area contributed by atoms with Gasteiger partial charge in [0.2, 0.25) is 17.7 Å². The second-order valence-corrected chi connectivity index (χ2v) is 7.97. The topological polar surface area (TPSA) is 97.8 Å². The number of fused-ring (bicyclic) bond motifs is 2. The molecular formula is C22H25N7O2. The van der Waals surface area contributed by atoms with Crippen LogP contribution in [0, 0.1) is 0 Å². The van der Waals surface area contributed by atoms with E-state index in [0.717, 1.165) is 48.0 Å². The summed E-state index contributed by atoms with van der Waals surface area (Å²) >= 11 is 0. The molecule has 1 aliphatic rings. The molecule has 0 unspecified atom stereocenters. The first kappa shape index (κ1) is 19.3. The highest BCUT2D eigenvalue weighted by molar-refractivity contribution is 5.84. The van der Waals surface area contributed by atoms with Gasteiger partial charge < -0.3 is 19.8 Å². The fraction of sp³-hybridized carbons (Fsp3) is 0.364. The molecule has 0 radical (unpaired) electrons. The smallest absolute Gasteiger partial charge is 0.244 e. The van der Waals surface area contributed by atoms with E-state index in [-0.39, 0.29) is 18.0 Å². The van der Waals surface area contributed by atoms with Gasteiger partial charge in [0.1, 0.15) is 11.2 Å². The van der Waals surface area contributed by atoms with Crippen molar-refractivity contribution in [3.8, 4) is 17.0 Å².